The summed E-state index contributed by atoms with van der Waals surface area (Å²) in [5, 5.41) is 22.0. The number of nitro groups is 1. The maximum Gasteiger partial charge on any atom is 0.283 e. The van der Waals surface area contributed by atoms with Crippen LogP contribution in [0.3, 0.4) is 0 Å². The smallest absolute Gasteiger partial charge is 0.283 e. The first kappa shape index (κ1) is 21.1. The zero-order valence-corrected chi connectivity index (χ0v) is 19.1. The Kier molecular flexibility index (Phi) is 5.31. The molecule has 0 saturated heterocycles. The van der Waals surface area contributed by atoms with Gasteiger partial charge in [-0.05, 0) is 45.8 Å². The minimum Gasteiger partial charge on any atom is -0.457 e. The summed E-state index contributed by atoms with van der Waals surface area (Å²) in [6, 6.07) is 17.3. The molecule has 0 aliphatic carbocycles. The minimum absolute atomic E-state index is 0.0135. The van der Waals surface area contributed by atoms with Crippen LogP contribution in [0.4, 0.5) is 5.69 Å². The molecular formula is C23H13BrN4O4S. The zero-order valence-electron chi connectivity index (χ0n) is 16.7. The van der Waals surface area contributed by atoms with Crippen molar-refractivity contribution in [3.8, 4) is 11.3 Å². The number of fused-ring (bicyclic) bond motifs is 1. The van der Waals surface area contributed by atoms with E-state index in [1.165, 1.54) is 30.0 Å². The van der Waals surface area contributed by atoms with Gasteiger partial charge in [-0.3, -0.25) is 25.2 Å². The number of carbonyl (C=O) groups excluding carboxylic acids is 1. The number of amides is 1. The van der Waals surface area contributed by atoms with Gasteiger partial charge in [-0.15, -0.1) is 0 Å². The summed E-state index contributed by atoms with van der Waals surface area (Å²) in [5.74, 6) is 0.318. The molecule has 0 atom stereocenters. The number of nitro benzene ring substituents is 1. The zero-order chi connectivity index (χ0) is 23.1. The molecular weight excluding hydrogens is 508 g/mol. The lowest BCUT2D eigenvalue weighted by atomic mass is 10.1. The summed E-state index contributed by atoms with van der Waals surface area (Å²) in [7, 11) is 0. The molecule has 2 aromatic carbocycles. The Hall–Kier alpha value is -3.76. The standard InChI is InChI=1S/C23H13BrN4O4S/c24-18-10-14(28(30)31)6-8-16(18)20-9-7-15(32-20)11-17-21(25)27-19(13-4-2-1-3-5-13)12-33-23(27)26-22(17)29/h1-12,25H/b17-11-,25-21?. The predicted octanol–water partition coefficient (Wildman–Crippen LogP) is 5.92. The average Bonchev–Trinajstić information content (AvgIpc) is 3.44. The second-order valence-electron chi connectivity index (χ2n) is 7.05. The second-order valence-corrected chi connectivity index (χ2v) is 8.74. The highest BCUT2D eigenvalue weighted by Crippen LogP contribution is 2.38. The average molecular weight is 521 g/mol. The highest BCUT2D eigenvalue weighted by molar-refractivity contribution is 9.10. The van der Waals surface area contributed by atoms with Gasteiger partial charge < -0.3 is 4.42 Å². The van der Waals surface area contributed by atoms with E-state index in [2.05, 4.69) is 20.9 Å². The molecule has 0 unspecified atom stereocenters. The van der Waals surface area contributed by atoms with Crippen LogP contribution in [0.2, 0.25) is 0 Å². The van der Waals surface area contributed by atoms with Gasteiger partial charge in [0.2, 0.25) is 0 Å². The molecule has 10 heteroatoms. The van der Waals surface area contributed by atoms with Gasteiger partial charge in [0.1, 0.15) is 17.4 Å². The van der Waals surface area contributed by atoms with E-state index < -0.39 is 10.8 Å². The van der Waals surface area contributed by atoms with E-state index in [9.17, 15) is 14.9 Å². The molecule has 0 fully saturated rings. The van der Waals surface area contributed by atoms with Crippen LogP contribution in [0.1, 0.15) is 11.3 Å². The van der Waals surface area contributed by atoms with Crippen LogP contribution in [0.25, 0.3) is 23.1 Å². The number of non-ortho nitro benzene ring substituents is 1. The molecule has 2 aliphatic rings. The number of thioether (sulfide) groups is 1. The third-order valence-electron chi connectivity index (χ3n) is 5.03. The summed E-state index contributed by atoms with van der Waals surface area (Å²) in [6.07, 6.45) is 1.49. The fourth-order valence-corrected chi connectivity index (χ4v) is 4.90. The van der Waals surface area contributed by atoms with Crippen LogP contribution in [-0.2, 0) is 4.79 Å². The van der Waals surface area contributed by atoms with Crippen LogP contribution < -0.4 is 0 Å². The van der Waals surface area contributed by atoms with Gasteiger partial charge in [0.05, 0.1) is 16.2 Å². The van der Waals surface area contributed by atoms with E-state index in [0.29, 0.717) is 26.7 Å². The van der Waals surface area contributed by atoms with Gasteiger partial charge in [0.15, 0.2) is 5.17 Å². The summed E-state index contributed by atoms with van der Waals surface area (Å²) in [6.45, 7) is 0. The topological polar surface area (TPSA) is 113 Å². The maximum absolute atomic E-state index is 12.7. The van der Waals surface area contributed by atoms with Crippen molar-refractivity contribution in [1.29, 1.82) is 5.41 Å². The number of nitrogens with zero attached hydrogens (tertiary/aromatic N) is 3. The van der Waals surface area contributed by atoms with E-state index >= 15 is 0 Å². The van der Waals surface area contributed by atoms with Crippen molar-refractivity contribution in [3.63, 3.8) is 0 Å². The molecule has 1 N–H and O–H groups in total. The summed E-state index contributed by atoms with van der Waals surface area (Å²) in [4.78, 5) is 28.9. The lowest BCUT2D eigenvalue weighted by Gasteiger charge is -2.26. The Balaban J connectivity index is 1.47. The van der Waals surface area contributed by atoms with E-state index in [4.69, 9.17) is 9.83 Å². The van der Waals surface area contributed by atoms with Crippen molar-refractivity contribution in [2.45, 2.75) is 0 Å². The number of hydrogen-bond donors (Lipinski definition) is 1. The molecule has 5 rings (SSSR count). The molecule has 1 amide bonds. The lowest BCUT2D eigenvalue weighted by molar-refractivity contribution is -0.384. The van der Waals surface area contributed by atoms with Crippen molar-refractivity contribution in [3.05, 3.63) is 97.6 Å². The van der Waals surface area contributed by atoms with Gasteiger partial charge in [-0.2, -0.15) is 4.99 Å². The van der Waals surface area contributed by atoms with Gasteiger partial charge in [0.25, 0.3) is 11.6 Å². The number of nitrogens with one attached hydrogen (secondary N) is 1. The van der Waals surface area contributed by atoms with E-state index in [-0.39, 0.29) is 17.1 Å². The van der Waals surface area contributed by atoms with Crippen LogP contribution in [0.15, 0.2) is 85.5 Å². The van der Waals surface area contributed by atoms with Gasteiger partial charge >= 0.3 is 0 Å². The number of halogens is 1. The number of aliphatic imine (C=N–C) groups is 1. The molecule has 0 bridgehead atoms. The van der Waals surface area contributed by atoms with Gasteiger partial charge in [-0.1, -0.05) is 42.1 Å². The first-order chi connectivity index (χ1) is 15.9. The largest absolute Gasteiger partial charge is 0.457 e. The molecule has 3 aromatic rings. The number of benzene rings is 2. The molecule has 1 aromatic heterocycles. The molecule has 162 valence electrons. The molecule has 2 aliphatic heterocycles. The summed E-state index contributed by atoms with van der Waals surface area (Å²) in [5.41, 5.74) is 2.38. The van der Waals surface area contributed by atoms with Crippen molar-refractivity contribution in [1.82, 2.24) is 4.90 Å². The molecule has 0 radical (unpaired) electrons. The summed E-state index contributed by atoms with van der Waals surface area (Å²) >= 11 is 4.64. The fraction of sp³-hybridized carbons (Fsp3) is 0. The fourth-order valence-electron chi connectivity index (χ4n) is 3.45. The Bertz CT molecular complexity index is 1430. The van der Waals surface area contributed by atoms with Crippen LogP contribution in [0.5, 0.6) is 0 Å². The highest BCUT2D eigenvalue weighted by atomic mass is 79.9. The molecule has 33 heavy (non-hydrogen) atoms. The van der Waals surface area contributed by atoms with Crippen LogP contribution in [-0.4, -0.2) is 26.7 Å². The van der Waals surface area contributed by atoms with Crippen molar-refractivity contribution in [2.75, 3.05) is 0 Å². The van der Waals surface area contributed by atoms with E-state index in [0.717, 1.165) is 11.3 Å². The third kappa shape index (κ3) is 3.83. The SMILES string of the molecule is N=C1/C(=C/c2ccc(-c3ccc([N+](=O)[O-])cc3Br)o2)C(=O)N=C2SC=C(c3ccccc3)N12. The highest BCUT2D eigenvalue weighted by Gasteiger charge is 2.36. The summed E-state index contributed by atoms with van der Waals surface area (Å²) < 4.78 is 6.37. The molecule has 0 saturated carbocycles. The van der Waals surface area contributed by atoms with Crippen molar-refractivity contribution >= 4 is 62.1 Å². The Morgan fingerprint density at radius 2 is 1.94 bits per heavy atom. The monoisotopic (exact) mass is 520 g/mol. The Labute approximate surface area is 200 Å². The van der Waals surface area contributed by atoms with Crippen molar-refractivity contribution in [2.24, 2.45) is 4.99 Å². The Morgan fingerprint density at radius 1 is 1.15 bits per heavy atom. The normalized spacial score (nSPS) is 16.6. The van der Waals surface area contributed by atoms with Crippen LogP contribution >= 0.6 is 27.7 Å². The lowest BCUT2D eigenvalue weighted by Crippen LogP contribution is -2.37. The number of furan rings is 1. The van der Waals surface area contributed by atoms with E-state index in [1.807, 2.05) is 35.7 Å². The van der Waals surface area contributed by atoms with Crippen LogP contribution in [0, 0.1) is 15.5 Å². The molecule has 0 spiro atoms. The Morgan fingerprint density at radius 3 is 2.67 bits per heavy atom. The minimum atomic E-state index is -0.518. The predicted molar refractivity (Wildman–Crippen MR) is 130 cm³/mol. The van der Waals surface area contributed by atoms with E-state index in [1.54, 1.807) is 23.1 Å². The molecule has 3 heterocycles. The first-order valence-corrected chi connectivity index (χ1v) is 11.3. The quantitative estimate of drug-likeness (QED) is 0.259. The van der Waals surface area contributed by atoms with Gasteiger partial charge in [0, 0.05) is 27.6 Å². The number of amidine groups is 2. The molecule has 8 nitrogen and oxygen atoms in total. The number of carbonyl (C=O) groups is 1. The first-order valence-electron chi connectivity index (χ1n) is 9.62. The maximum atomic E-state index is 12.7. The number of rotatable bonds is 4. The van der Waals surface area contributed by atoms with Crippen molar-refractivity contribution < 1.29 is 14.1 Å². The second kappa shape index (κ2) is 8.30. The van der Waals surface area contributed by atoms with Gasteiger partial charge in [-0.25, -0.2) is 0 Å². The third-order valence-corrected chi connectivity index (χ3v) is 6.51. The number of hydrogen-bond acceptors (Lipinski definition) is 6.